The number of H-pyrrole nitrogens is 1. The standard InChI is InChI=1S/C14H19NO2/c1-2-3-7-17-10-11-5-4-6-14-13(11)8-12(9-16)15-14/h4-6,8,15-16H,2-3,7,9-10H2,1H3. The van der Waals surface area contributed by atoms with Gasteiger partial charge in [-0.15, -0.1) is 0 Å². The van der Waals surface area contributed by atoms with E-state index in [-0.39, 0.29) is 6.61 Å². The van der Waals surface area contributed by atoms with Crippen LogP contribution in [0.5, 0.6) is 0 Å². The lowest BCUT2D eigenvalue weighted by Crippen LogP contribution is -1.95. The highest BCUT2D eigenvalue weighted by Crippen LogP contribution is 2.20. The van der Waals surface area contributed by atoms with Gasteiger partial charge in [0, 0.05) is 23.2 Å². The predicted octanol–water partition coefficient (Wildman–Crippen LogP) is 2.98. The second-order valence-electron chi connectivity index (χ2n) is 4.24. The molecule has 1 heterocycles. The number of aromatic nitrogens is 1. The number of nitrogens with one attached hydrogen (secondary N) is 1. The van der Waals surface area contributed by atoms with Crippen molar-refractivity contribution < 1.29 is 9.84 Å². The number of hydrogen-bond acceptors (Lipinski definition) is 2. The fraction of sp³-hybridized carbons (Fsp3) is 0.429. The molecule has 0 saturated heterocycles. The summed E-state index contributed by atoms with van der Waals surface area (Å²) >= 11 is 0. The van der Waals surface area contributed by atoms with Crippen molar-refractivity contribution in [3.05, 3.63) is 35.5 Å². The Morgan fingerprint density at radius 2 is 2.24 bits per heavy atom. The van der Waals surface area contributed by atoms with Crippen LogP contribution in [0.1, 0.15) is 31.0 Å². The summed E-state index contributed by atoms with van der Waals surface area (Å²) in [6.07, 6.45) is 2.26. The van der Waals surface area contributed by atoms with E-state index in [1.54, 1.807) is 0 Å². The second kappa shape index (κ2) is 5.84. The summed E-state index contributed by atoms with van der Waals surface area (Å²) in [6.45, 7) is 3.65. The zero-order chi connectivity index (χ0) is 12.1. The summed E-state index contributed by atoms with van der Waals surface area (Å²) in [5.41, 5.74) is 3.08. The summed E-state index contributed by atoms with van der Waals surface area (Å²) in [5.74, 6) is 0. The maximum atomic E-state index is 9.11. The molecule has 0 saturated carbocycles. The van der Waals surface area contributed by atoms with Crippen molar-refractivity contribution in [2.45, 2.75) is 33.0 Å². The fourth-order valence-corrected chi connectivity index (χ4v) is 1.92. The SMILES string of the molecule is CCCCOCc1cccc2[nH]c(CO)cc12. The maximum absolute atomic E-state index is 9.11. The zero-order valence-electron chi connectivity index (χ0n) is 10.2. The third-order valence-electron chi connectivity index (χ3n) is 2.88. The maximum Gasteiger partial charge on any atom is 0.0831 e. The van der Waals surface area contributed by atoms with E-state index in [0.717, 1.165) is 36.0 Å². The van der Waals surface area contributed by atoms with Crippen LogP contribution < -0.4 is 0 Å². The van der Waals surface area contributed by atoms with Gasteiger partial charge in [-0.2, -0.15) is 0 Å². The van der Waals surface area contributed by atoms with Crippen LogP contribution >= 0.6 is 0 Å². The highest BCUT2D eigenvalue weighted by Gasteiger charge is 2.04. The van der Waals surface area contributed by atoms with E-state index in [4.69, 9.17) is 9.84 Å². The van der Waals surface area contributed by atoms with E-state index in [2.05, 4.69) is 18.0 Å². The van der Waals surface area contributed by atoms with Crippen LogP contribution in [-0.2, 0) is 18.0 Å². The number of hydrogen-bond donors (Lipinski definition) is 2. The van der Waals surface area contributed by atoms with Crippen LogP contribution in [-0.4, -0.2) is 16.7 Å². The van der Waals surface area contributed by atoms with Gasteiger partial charge in [-0.05, 0) is 24.1 Å². The lowest BCUT2D eigenvalue weighted by atomic mass is 10.1. The molecule has 0 unspecified atom stereocenters. The Morgan fingerprint density at radius 3 is 3.00 bits per heavy atom. The average molecular weight is 233 g/mol. The minimum atomic E-state index is 0.0464. The number of unbranched alkanes of at least 4 members (excludes halogenated alkanes) is 1. The van der Waals surface area contributed by atoms with Crippen molar-refractivity contribution in [1.29, 1.82) is 0 Å². The van der Waals surface area contributed by atoms with E-state index in [1.807, 2.05) is 18.2 Å². The van der Waals surface area contributed by atoms with Crippen LogP contribution in [0.15, 0.2) is 24.3 Å². The number of fused-ring (bicyclic) bond motifs is 1. The molecule has 2 aromatic rings. The summed E-state index contributed by atoms with van der Waals surface area (Å²) < 4.78 is 5.63. The first-order chi connectivity index (χ1) is 8.35. The molecule has 0 bridgehead atoms. The highest BCUT2D eigenvalue weighted by atomic mass is 16.5. The van der Waals surface area contributed by atoms with Crippen LogP contribution in [0.2, 0.25) is 0 Å². The lowest BCUT2D eigenvalue weighted by Gasteiger charge is -2.04. The molecule has 0 spiro atoms. The Labute approximate surface area is 101 Å². The van der Waals surface area contributed by atoms with Gasteiger partial charge in [-0.3, -0.25) is 0 Å². The van der Waals surface area contributed by atoms with Crippen LogP contribution in [0, 0.1) is 0 Å². The van der Waals surface area contributed by atoms with E-state index in [0.29, 0.717) is 6.61 Å². The molecule has 2 rings (SSSR count). The Bertz CT molecular complexity index is 476. The average Bonchev–Trinajstić information content (AvgIpc) is 2.78. The molecular formula is C14H19NO2. The van der Waals surface area contributed by atoms with Gasteiger partial charge in [0.05, 0.1) is 13.2 Å². The minimum absolute atomic E-state index is 0.0464. The molecular weight excluding hydrogens is 214 g/mol. The van der Waals surface area contributed by atoms with E-state index >= 15 is 0 Å². The first-order valence-electron chi connectivity index (χ1n) is 6.13. The van der Waals surface area contributed by atoms with Crippen molar-refractivity contribution in [3.63, 3.8) is 0 Å². The van der Waals surface area contributed by atoms with Gasteiger partial charge in [-0.25, -0.2) is 0 Å². The monoisotopic (exact) mass is 233 g/mol. The van der Waals surface area contributed by atoms with Crippen LogP contribution in [0.25, 0.3) is 10.9 Å². The van der Waals surface area contributed by atoms with Crippen molar-refractivity contribution in [1.82, 2.24) is 4.98 Å². The number of benzene rings is 1. The zero-order valence-corrected chi connectivity index (χ0v) is 10.2. The number of aliphatic hydroxyl groups is 1. The molecule has 1 aromatic carbocycles. The number of aliphatic hydroxyl groups excluding tert-OH is 1. The quantitative estimate of drug-likeness (QED) is 0.753. The Morgan fingerprint density at radius 1 is 1.35 bits per heavy atom. The van der Waals surface area contributed by atoms with Crippen molar-refractivity contribution >= 4 is 10.9 Å². The van der Waals surface area contributed by atoms with Crippen molar-refractivity contribution in [2.75, 3.05) is 6.61 Å². The second-order valence-corrected chi connectivity index (χ2v) is 4.24. The molecule has 3 nitrogen and oxygen atoms in total. The van der Waals surface area contributed by atoms with Gasteiger partial charge in [0.1, 0.15) is 0 Å². The Kier molecular flexibility index (Phi) is 4.18. The lowest BCUT2D eigenvalue weighted by molar-refractivity contribution is 0.119. The molecule has 0 amide bonds. The van der Waals surface area contributed by atoms with Gasteiger partial charge in [-0.1, -0.05) is 25.5 Å². The summed E-state index contributed by atoms with van der Waals surface area (Å²) in [5, 5.41) is 10.3. The summed E-state index contributed by atoms with van der Waals surface area (Å²) in [4.78, 5) is 3.18. The summed E-state index contributed by atoms with van der Waals surface area (Å²) in [6, 6.07) is 8.10. The third kappa shape index (κ3) is 2.87. The summed E-state index contributed by atoms with van der Waals surface area (Å²) in [7, 11) is 0. The molecule has 0 fully saturated rings. The number of ether oxygens (including phenoxy) is 1. The highest BCUT2D eigenvalue weighted by molar-refractivity contribution is 5.83. The van der Waals surface area contributed by atoms with E-state index < -0.39 is 0 Å². The first-order valence-corrected chi connectivity index (χ1v) is 6.13. The van der Waals surface area contributed by atoms with Gasteiger partial charge in [0.15, 0.2) is 0 Å². The molecule has 1 aromatic heterocycles. The molecule has 2 N–H and O–H groups in total. The molecule has 17 heavy (non-hydrogen) atoms. The number of aromatic amines is 1. The van der Waals surface area contributed by atoms with Crippen molar-refractivity contribution in [3.8, 4) is 0 Å². The van der Waals surface area contributed by atoms with Gasteiger partial charge in [0.25, 0.3) is 0 Å². The van der Waals surface area contributed by atoms with E-state index in [9.17, 15) is 0 Å². The molecule has 0 aliphatic heterocycles. The Balaban J connectivity index is 2.13. The van der Waals surface area contributed by atoms with Gasteiger partial charge < -0.3 is 14.8 Å². The Hall–Kier alpha value is -1.32. The normalized spacial score (nSPS) is 11.2. The third-order valence-corrected chi connectivity index (χ3v) is 2.88. The predicted molar refractivity (Wildman–Crippen MR) is 68.8 cm³/mol. The van der Waals surface area contributed by atoms with Gasteiger partial charge >= 0.3 is 0 Å². The topological polar surface area (TPSA) is 45.2 Å². The van der Waals surface area contributed by atoms with Crippen LogP contribution in [0.3, 0.4) is 0 Å². The van der Waals surface area contributed by atoms with Crippen LogP contribution in [0.4, 0.5) is 0 Å². The van der Waals surface area contributed by atoms with Gasteiger partial charge in [0.2, 0.25) is 0 Å². The largest absolute Gasteiger partial charge is 0.390 e. The number of rotatable bonds is 6. The molecule has 0 aliphatic rings. The molecule has 3 heteroatoms. The van der Waals surface area contributed by atoms with Crippen molar-refractivity contribution in [2.24, 2.45) is 0 Å². The van der Waals surface area contributed by atoms with E-state index in [1.165, 1.54) is 5.56 Å². The smallest absolute Gasteiger partial charge is 0.0831 e. The molecule has 0 radical (unpaired) electrons. The first kappa shape index (κ1) is 12.1. The fourth-order valence-electron chi connectivity index (χ4n) is 1.92. The molecule has 0 atom stereocenters. The minimum Gasteiger partial charge on any atom is -0.390 e. The molecule has 0 aliphatic carbocycles. The molecule has 92 valence electrons.